The molecule has 0 aliphatic rings. The third kappa shape index (κ3) is 3.97. The van der Waals surface area contributed by atoms with E-state index in [1.54, 1.807) is 0 Å². The highest BCUT2D eigenvalue weighted by Crippen LogP contribution is 2.44. The summed E-state index contributed by atoms with van der Waals surface area (Å²) in [7, 11) is 0. The molecule has 47 heavy (non-hydrogen) atoms. The van der Waals surface area contributed by atoms with Gasteiger partial charge in [0.25, 0.3) is 0 Å². The number of fused-ring (bicyclic) bond motifs is 8. The Kier molecular flexibility index (Phi) is 5.78. The first kappa shape index (κ1) is 26.3. The van der Waals surface area contributed by atoms with E-state index in [-0.39, 0.29) is 0 Å². The van der Waals surface area contributed by atoms with Gasteiger partial charge in [-0.25, -0.2) is 0 Å². The van der Waals surface area contributed by atoms with E-state index in [2.05, 4.69) is 179 Å². The third-order valence-electron chi connectivity index (χ3n) is 9.53. The van der Waals surface area contributed by atoms with Crippen molar-refractivity contribution >= 4 is 64.3 Å². The molecule has 0 atom stereocenters. The third-order valence-corrected chi connectivity index (χ3v) is 10.7. The molecule has 0 bridgehead atoms. The minimum Gasteiger partial charge on any atom is -0.309 e. The first-order chi connectivity index (χ1) is 23.3. The summed E-state index contributed by atoms with van der Waals surface area (Å²) in [5, 5.41) is 5.17. The maximum atomic E-state index is 2.42. The summed E-state index contributed by atoms with van der Waals surface area (Å²) in [6, 6.07) is 61.7. The zero-order chi connectivity index (χ0) is 30.9. The molecule has 0 aliphatic heterocycles. The van der Waals surface area contributed by atoms with Crippen molar-refractivity contribution in [2.45, 2.75) is 0 Å². The van der Waals surface area contributed by atoms with E-state index in [0.717, 1.165) is 0 Å². The average molecular weight is 617 g/mol. The van der Waals surface area contributed by atoms with Crippen LogP contribution in [0.1, 0.15) is 0 Å². The van der Waals surface area contributed by atoms with Gasteiger partial charge in [0.1, 0.15) is 0 Å². The Balaban J connectivity index is 1.09. The van der Waals surface area contributed by atoms with Crippen molar-refractivity contribution in [3.8, 4) is 33.6 Å². The van der Waals surface area contributed by atoms with E-state index < -0.39 is 0 Å². The fourth-order valence-electron chi connectivity index (χ4n) is 7.45. The normalized spacial score (nSPS) is 11.8. The number of benzene rings is 7. The molecule has 3 heteroatoms. The molecular weight excluding hydrogens is 589 g/mol. The van der Waals surface area contributed by atoms with E-state index >= 15 is 0 Å². The van der Waals surface area contributed by atoms with Gasteiger partial charge in [-0.3, -0.25) is 0 Å². The van der Waals surface area contributed by atoms with Crippen LogP contribution >= 0.6 is 11.3 Å². The quantitative estimate of drug-likeness (QED) is 0.186. The zero-order valence-corrected chi connectivity index (χ0v) is 26.3. The molecular formula is C44H28N2S. The molecule has 0 unspecified atom stereocenters. The second kappa shape index (κ2) is 10.3. The van der Waals surface area contributed by atoms with Crippen molar-refractivity contribution in [2.24, 2.45) is 0 Å². The van der Waals surface area contributed by atoms with Crippen molar-refractivity contribution in [3.05, 3.63) is 170 Å². The lowest BCUT2D eigenvalue weighted by molar-refractivity contribution is 1.18. The summed E-state index contributed by atoms with van der Waals surface area (Å²) < 4.78 is 7.46. The lowest BCUT2D eigenvalue weighted by Gasteiger charge is -2.10. The van der Waals surface area contributed by atoms with Gasteiger partial charge in [0.15, 0.2) is 0 Å². The predicted molar refractivity (Wildman–Crippen MR) is 201 cm³/mol. The van der Waals surface area contributed by atoms with E-state index in [1.807, 2.05) is 11.3 Å². The highest BCUT2D eigenvalue weighted by Gasteiger charge is 2.19. The summed E-state index contributed by atoms with van der Waals surface area (Å²) in [4.78, 5) is 0. The molecule has 220 valence electrons. The van der Waals surface area contributed by atoms with E-state index in [0.29, 0.717) is 0 Å². The molecule has 10 rings (SSSR count). The maximum absolute atomic E-state index is 2.42. The van der Waals surface area contributed by atoms with Crippen molar-refractivity contribution in [2.75, 3.05) is 0 Å². The van der Waals surface area contributed by atoms with Gasteiger partial charge in [0.2, 0.25) is 0 Å². The van der Waals surface area contributed by atoms with Crippen LogP contribution in [0.3, 0.4) is 0 Å². The maximum Gasteiger partial charge on any atom is 0.0727 e. The molecule has 0 spiro atoms. The van der Waals surface area contributed by atoms with E-state index in [9.17, 15) is 0 Å². The molecule has 0 saturated heterocycles. The second-order valence-corrected chi connectivity index (χ2v) is 13.2. The second-order valence-electron chi connectivity index (χ2n) is 12.1. The molecule has 0 aliphatic carbocycles. The number of aromatic nitrogens is 2. The molecule has 3 heterocycles. The SMILES string of the molecule is c1ccc(-n2c3ccccc3c3c(-c4ccc(-c5ccc6c(c5)sc5c7ccccc7n(-c7ccccc7)c65)cc4)cccc32)cc1. The average Bonchev–Trinajstić information content (AvgIpc) is 3.79. The number of rotatable bonds is 4. The van der Waals surface area contributed by atoms with Crippen molar-refractivity contribution < 1.29 is 0 Å². The molecule has 7 aromatic carbocycles. The zero-order valence-electron chi connectivity index (χ0n) is 25.5. The van der Waals surface area contributed by atoms with Crippen LogP contribution < -0.4 is 0 Å². The number of para-hydroxylation sites is 4. The summed E-state index contributed by atoms with van der Waals surface area (Å²) >= 11 is 1.90. The van der Waals surface area contributed by atoms with Crippen LogP contribution in [0, 0.1) is 0 Å². The topological polar surface area (TPSA) is 9.86 Å². The molecule has 2 nitrogen and oxygen atoms in total. The van der Waals surface area contributed by atoms with Crippen molar-refractivity contribution in [1.82, 2.24) is 9.13 Å². The van der Waals surface area contributed by atoms with Crippen molar-refractivity contribution in [1.29, 1.82) is 0 Å². The Labute approximate surface area is 276 Å². The number of nitrogens with zero attached hydrogens (tertiary/aromatic N) is 2. The van der Waals surface area contributed by atoms with Gasteiger partial charge in [0, 0.05) is 37.6 Å². The van der Waals surface area contributed by atoms with Gasteiger partial charge in [0.05, 0.1) is 26.8 Å². The van der Waals surface area contributed by atoms with Crippen molar-refractivity contribution in [3.63, 3.8) is 0 Å². The van der Waals surface area contributed by atoms with E-state index in [4.69, 9.17) is 0 Å². The fraction of sp³-hybridized carbons (Fsp3) is 0. The predicted octanol–water partition coefficient (Wildman–Crippen LogP) is 12.4. The van der Waals surface area contributed by atoms with Gasteiger partial charge in [-0.1, -0.05) is 121 Å². The molecule has 0 radical (unpaired) electrons. The van der Waals surface area contributed by atoms with Crippen LogP contribution in [0.4, 0.5) is 0 Å². The van der Waals surface area contributed by atoms with Gasteiger partial charge < -0.3 is 9.13 Å². The summed E-state index contributed by atoms with van der Waals surface area (Å²) in [5.74, 6) is 0. The van der Waals surface area contributed by atoms with Crippen LogP contribution in [-0.4, -0.2) is 9.13 Å². The molecule has 10 aromatic rings. The van der Waals surface area contributed by atoms with Gasteiger partial charge in [-0.05, 0) is 70.8 Å². The van der Waals surface area contributed by atoms with Gasteiger partial charge >= 0.3 is 0 Å². The first-order valence-electron chi connectivity index (χ1n) is 16.0. The molecule has 0 N–H and O–H groups in total. The smallest absolute Gasteiger partial charge is 0.0727 e. The Morgan fingerprint density at radius 2 is 0.957 bits per heavy atom. The lowest BCUT2D eigenvalue weighted by Crippen LogP contribution is -1.93. The van der Waals surface area contributed by atoms with Gasteiger partial charge in [-0.2, -0.15) is 0 Å². The van der Waals surface area contributed by atoms with Crippen LogP contribution in [0.5, 0.6) is 0 Å². The number of hydrogen-bond acceptors (Lipinski definition) is 1. The Bertz CT molecular complexity index is 2760. The lowest BCUT2D eigenvalue weighted by atomic mass is 9.96. The Hall–Kier alpha value is -5.90. The highest BCUT2D eigenvalue weighted by atomic mass is 32.1. The fourth-order valence-corrected chi connectivity index (χ4v) is 8.71. The molecule has 0 saturated carbocycles. The van der Waals surface area contributed by atoms with Gasteiger partial charge in [-0.15, -0.1) is 11.3 Å². The number of thiophene rings is 1. The van der Waals surface area contributed by atoms with E-state index in [1.165, 1.54) is 86.6 Å². The molecule has 0 fully saturated rings. The Morgan fingerprint density at radius 1 is 0.383 bits per heavy atom. The number of hydrogen-bond donors (Lipinski definition) is 0. The van der Waals surface area contributed by atoms with Crippen LogP contribution in [0.15, 0.2) is 170 Å². The highest BCUT2D eigenvalue weighted by molar-refractivity contribution is 7.26. The largest absolute Gasteiger partial charge is 0.309 e. The summed E-state index contributed by atoms with van der Waals surface area (Å²) in [5.41, 5.74) is 12.3. The van der Waals surface area contributed by atoms with Crippen LogP contribution in [0.25, 0.3) is 86.6 Å². The standard InChI is InChI=1S/C44H28N2S/c1-3-12-32(13-4-1)45-38-19-9-7-16-35(38)42-34(18-11-21-40(42)45)30-24-22-29(23-25-30)31-26-27-37-41(28-31)47-44-36-17-8-10-20-39(36)46(43(37)44)33-14-5-2-6-15-33/h1-28H. The minimum atomic E-state index is 1.18. The Morgan fingerprint density at radius 3 is 1.70 bits per heavy atom. The molecule has 0 amide bonds. The summed E-state index contributed by atoms with van der Waals surface area (Å²) in [6.07, 6.45) is 0. The monoisotopic (exact) mass is 616 g/mol. The summed E-state index contributed by atoms with van der Waals surface area (Å²) in [6.45, 7) is 0. The minimum absolute atomic E-state index is 1.18. The first-order valence-corrected chi connectivity index (χ1v) is 16.8. The molecule has 3 aromatic heterocycles. The van der Waals surface area contributed by atoms with Crippen LogP contribution in [0.2, 0.25) is 0 Å². The van der Waals surface area contributed by atoms with Crippen LogP contribution in [-0.2, 0) is 0 Å².